The van der Waals surface area contributed by atoms with E-state index in [1.165, 1.54) is 5.56 Å². The Labute approximate surface area is 90.3 Å². The summed E-state index contributed by atoms with van der Waals surface area (Å²) in [7, 11) is 0. The summed E-state index contributed by atoms with van der Waals surface area (Å²) in [6.07, 6.45) is 0.0937. The van der Waals surface area contributed by atoms with Gasteiger partial charge in [0.15, 0.2) is 0 Å². The molecule has 1 unspecified atom stereocenters. The van der Waals surface area contributed by atoms with E-state index in [0.29, 0.717) is 12.5 Å². The fourth-order valence-corrected chi connectivity index (χ4v) is 1.18. The van der Waals surface area contributed by atoms with Crippen LogP contribution in [0, 0.1) is 0 Å². The van der Waals surface area contributed by atoms with Crippen molar-refractivity contribution in [3.05, 3.63) is 48.0 Å². The Hall–Kier alpha value is -0.790. The van der Waals surface area contributed by atoms with Crippen LogP contribution in [-0.4, -0.2) is 12.5 Å². The van der Waals surface area contributed by atoms with Crippen molar-refractivity contribution < 1.29 is 4.74 Å². The van der Waals surface area contributed by atoms with Gasteiger partial charge >= 0.3 is 0 Å². The summed E-state index contributed by atoms with van der Waals surface area (Å²) in [5, 5.41) is 0. The summed E-state index contributed by atoms with van der Waals surface area (Å²) >= 11 is 5.60. The Kier molecular flexibility index (Phi) is 4.71. The fourth-order valence-electron chi connectivity index (χ4n) is 1.10. The van der Waals surface area contributed by atoms with E-state index in [-0.39, 0.29) is 6.10 Å². The van der Waals surface area contributed by atoms with Crippen LogP contribution in [0.5, 0.6) is 0 Å². The zero-order valence-corrected chi connectivity index (χ0v) is 9.13. The topological polar surface area (TPSA) is 9.23 Å². The van der Waals surface area contributed by atoms with E-state index in [0.717, 1.165) is 5.57 Å². The van der Waals surface area contributed by atoms with Crippen molar-refractivity contribution in [1.29, 1.82) is 0 Å². The summed E-state index contributed by atoms with van der Waals surface area (Å²) in [5.41, 5.74) is 2.09. The zero-order valence-electron chi connectivity index (χ0n) is 8.37. The molecule has 0 radical (unpaired) electrons. The lowest BCUT2D eigenvalue weighted by Gasteiger charge is -2.13. The van der Waals surface area contributed by atoms with Gasteiger partial charge in [0.2, 0.25) is 0 Å². The average Bonchev–Trinajstić information content (AvgIpc) is 2.26. The summed E-state index contributed by atoms with van der Waals surface area (Å²) in [5.74, 6) is 0.460. The Morgan fingerprint density at radius 1 is 1.43 bits per heavy atom. The predicted octanol–water partition coefficient (Wildman–Crippen LogP) is 3.56. The second-order valence-electron chi connectivity index (χ2n) is 3.25. The van der Waals surface area contributed by atoms with Gasteiger partial charge < -0.3 is 4.74 Å². The second kappa shape index (κ2) is 5.84. The van der Waals surface area contributed by atoms with Gasteiger partial charge in [-0.25, -0.2) is 0 Å². The van der Waals surface area contributed by atoms with Crippen molar-refractivity contribution in [2.75, 3.05) is 12.5 Å². The number of ether oxygens (including phenoxy) is 1. The van der Waals surface area contributed by atoms with Crippen LogP contribution >= 0.6 is 11.6 Å². The van der Waals surface area contributed by atoms with Crippen molar-refractivity contribution in [3.8, 4) is 0 Å². The molecule has 0 fully saturated rings. The van der Waals surface area contributed by atoms with Crippen LogP contribution in [-0.2, 0) is 4.74 Å². The minimum Gasteiger partial charge on any atom is -0.369 e. The highest BCUT2D eigenvalue weighted by Crippen LogP contribution is 2.16. The van der Waals surface area contributed by atoms with Crippen LogP contribution in [0.15, 0.2) is 42.5 Å². The van der Waals surface area contributed by atoms with Crippen LogP contribution in [0.3, 0.4) is 0 Å². The maximum Gasteiger partial charge on any atom is 0.0801 e. The zero-order chi connectivity index (χ0) is 10.4. The molecule has 1 aromatic rings. The quantitative estimate of drug-likeness (QED) is 0.534. The second-order valence-corrected chi connectivity index (χ2v) is 3.51. The molecule has 1 rings (SSSR count). The largest absolute Gasteiger partial charge is 0.369 e. The van der Waals surface area contributed by atoms with Crippen LogP contribution < -0.4 is 0 Å². The number of hydrogen-bond donors (Lipinski definition) is 0. The van der Waals surface area contributed by atoms with E-state index < -0.39 is 0 Å². The molecule has 14 heavy (non-hydrogen) atoms. The molecule has 1 atom stereocenters. The molecule has 0 saturated carbocycles. The number of halogens is 1. The third-order valence-corrected chi connectivity index (χ3v) is 2.37. The molecule has 0 heterocycles. The molecular formula is C12H15ClO. The molecule has 0 spiro atoms. The molecule has 0 amide bonds. The van der Waals surface area contributed by atoms with Gasteiger partial charge in [0, 0.05) is 5.88 Å². The van der Waals surface area contributed by atoms with Crippen molar-refractivity contribution >= 4 is 11.6 Å². The fraction of sp³-hybridized carbons (Fsp3) is 0.333. The number of benzene rings is 1. The Morgan fingerprint density at radius 2 is 2.07 bits per heavy atom. The lowest BCUT2D eigenvalue weighted by atomic mass is 10.1. The lowest BCUT2D eigenvalue weighted by Crippen LogP contribution is -2.03. The number of hydrogen-bond acceptors (Lipinski definition) is 1. The van der Waals surface area contributed by atoms with Gasteiger partial charge in [-0.15, -0.1) is 11.6 Å². The van der Waals surface area contributed by atoms with Crippen molar-refractivity contribution in [3.63, 3.8) is 0 Å². The summed E-state index contributed by atoms with van der Waals surface area (Å²) in [6, 6.07) is 10.1. The molecule has 1 aromatic carbocycles. The molecule has 76 valence electrons. The summed E-state index contributed by atoms with van der Waals surface area (Å²) in [6.45, 7) is 6.33. The SMILES string of the molecule is C=C(CCl)COC(C)c1ccccc1. The minimum absolute atomic E-state index is 0.0937. The van der Waals surface area contributed by atoms with Crippen molar-refractivity contribution in [2.24, 2.45) is 0 Å². The number of alkyl halides is 1. The first-order valence-corrected chi connectivity index (χ1v) is 5.16. The van der Waals surface area contributed by atoms with Gasteiger partial charge in [-0.1, -0.05) is 36.9 Å². The van der Waals surface area contributed by atoms with E-state index in [9.17, 15) is 0 Å². The maximum absolute atomic E-state index is 5.60. The van der Waals surface area contributed by atoms with Gasteiger partial charge in [0.25, 0.3) is 0 Å². The van der Waals surface area contributed by atoms with E-state index in [2.05, 4.69) is 6.58 Å². The Morgan fingerprint density at radius 3 is 2.64 bits per heavy atom. The summed E-state index contributed by atoms with van der Waals surface area (Å²) < 4.78 is 5.60. The van der Waals surface area contributed by atoms with Crippen LogP contribution in [0.4, 0.5) is 0 Å². The van der Waals surface area contributed by atoms with Gasteiger partial charge in [-0.05, 0) is 18.1 Å². The third kappa shape index (κ3) is 3.52. The molecule has 0 N–H and O–H groups in total. The highest BCUT2D eigenvalue weighted by Gasteiger charge is 2.04. The minimum atomic E-state index is 0.0937. The monoisotopic (exact) mass is 210 g/mol. The molecule has 0 aliphatic heterocycles. The lowest BCUT2D eigenvalue weighted by molar-refractivity contribution is 0.0840. The van der Waals surface area contributed by atoms with E-state index in [1.54, 1.807) is 0 Å². The third-order valence-electron chi connectivity index (χ3n) is 2.00. The molecule has 1 nitrogen and oxygen atoms in total. The molecule has 0 bridgehead atoms. The standard InChI is InChI=1S/C12H15ClO/c1-10(8-13)9-14-11(2)12-6-4-3-5-7-12/h3-7,11H,1,8-9H2,2H3. The van der Waals surface area contributed by atoms with E-state index in [1.807, 2.05) is 37.3 Å². The molecule has 0 aliphatic carbocycles. The van der Waals surface area contributed by atoms with Gasteiger partial charge in [-0.3, -0.25) is 0 Å². The first kappa shape index (κ1) is 11.3. The highest BCUT2D eigenvalue weighted by atomic mass is 35.5. The molecule has 0 aromatic heterocycles. The maximum atomic E-state index is 5.60. The first-order chi connectivity index (χ1) is 6.74. The normalized spacial score (nSPS) is 12.4. The van der Waals surface area contributed by atoms with Gasteiger partial charge in [0.05, 0.1) is 12.7 Å². The van der Waals surface area contributed by atoms with Crippen LogP contribution in [0.1, 0.15) is 18.6 Å². The summed E-state index contributed by atoms with van der Waals surface area (Å²) in [4.78, 5) is 0. The Bertz CT molecular complexity index is 282. The van der Waals surface area contributed by atoms with Crippen molar-refractivity contribution in [1.82, 2.24) is 0 Å². The molecule has 0 saturated heterocycles. The van der Waals surface area contributed by atoms with Gasteiger partial charge in [-0.2, -0.15) is 0 Å². The predicted molar refractivity (Wildman–Crippen MR) is 60.7 cm³/mol. The van der Waals surface area contributed by atoms with Crippen LogP contribution in [0.25, 0.3) is 0 Å². The molecule has 2 heteroatoms. The Balaban J connectivity index is 2.43. The van der Waals surface area contributed by atoms with Crippen molar-refractivity contribution in [2.45, 2.75) is 13.0 Å². The average molecular weight is 211 g/mol. The first-order valence-electron chi connectivity index (χ1n) is 4.63. The van der Waals surface area contributed by atoms with Gasteiger partial charge in [0.1, 0.15) is 0 Å². The smallest absolute Gasteiger partial charge is 0.0801 e. The molecule has 0 aliphatic rings. The van der Waals surface area contributed by atoms with E-state index in [4.69, 9.17) is 16.3 Å². The van der Waals surface area contributed by atoms with Crippen LogP contribution in [0.2, 0.25) is 0 Å². The van der Waals surface area contributed by atoms with E-state index >= 15 is 0 Å². The molecular weight excluding hydrogens is 196 g/mol. The number of rotatable bonds is 5. The highest BCUT2D eigenvalue weighted by molar-refractivity contribution is 6.19.